The van der Waals surface area contributed by atoms with Gasteiger partial charge >= 0.3 is 12.1 Å². The van der Waals surface area contributed by atoms with E-state index in [9.17, 15) is 18.4 Å². The Morgan fingerprint density at radius 1 is 0.902 bits per heavy atom. The minimum atomic E-state index is -1.07. The summed E-state index contributed by atoms with van der Waals surface area (Å²) in [7, 11) is 0. The van der Waals surface area contributed by atoms with E-state index in [-0.39, 0.29) is 30.8 Å². The number of rotatable bonds is 5. The molecule has 2 fully saturated rings. The zero-order valence-corrected chi connectivity index (χ0v) is 23.6. The van der Waals surface area contributed by atoms with Gasteiger partial charge in [-0.05, 0) is 87.4 Å². The van der Waals surface area contributed by atoms with Crippen molar-refractivity contribution >= 4 is 41.0 Å². The fourth-order valence-corrected chi connectivity index (χ4v) is 6.39. The van der Waals surface area contributed by atoms with E-state index in [1.807, 2.05) is 36.4 Å². The first-order valence-electron chi connectivity index (χ1n) is 13.5. The molecule has 0 aromatic heterocycles. The third-order valence-electron chi connectivity index (χ3n) is 8.14. The van der Waals surface area contributed by atoms with Crippen molar-refractivity contribution < 1.29 is 27.8 Å². The molecule has 2 saturated heterocycles. The van der Waals surface area contributed by atoms with E-state index in [0.717, 1.165) is 65.6 Å². The summed E-state index contributed by atoms with van der Waals surface area (Å²) in [5, 5.41) is 1.28. The van der Waals surface area contributed by atoms with E-state index in [2.05, 4.69) is 4.90 Å². The molecule has 3 aromatic carbocycles. The third kappa shape index (κ3) is 5.22. The summed E-state index contributed by atoms with van der Waals surface area (Å²) in [5.74, 6) is -0.497. The van der Waals surface area contributed by atoms with Crippen LogP contribution < -0.4 is 9.64 Å². The lowest BCUT2D eigenvalue weighted by atomic mass is 9.66. The van der Waals surface area contributed by atoms with E-state index < -0.39 is 23.8 Å². The molecule has 0 saturated carbocycles. The molecule has 1 spiro atoms. The standard InChI is InChI=1S/C30H27Cl2F2N3O4/c31-19-2-6-26-22(16-19)30(23-17-20(32)3-7-27(23)41-26)8-12-35(13-9-30)10-1-11-36(21-4-5-24(33)25(34)18-21)28(38)37-14-15-40-29(37)39/h2-7,16-18H,1,8-15H2. The number of urea groups is 1. The normalized spacial score (nSPS) is 17.6. The molecule has 0 bridgehead atoms. The zero-order valence-electron chi connectivity index (χ0n) is 22.0. The summed E-state index contributed by atoms with van der Waals surface area (Å²) in [6, 6.07) is 14.1. The summed E-state index contributed by atoms with van der Waals surface area (Å²) in [4.78, 5) is 29.8. The van der Waals surface area contributed by atoms with Crippen molar-refractivity contribution in [2.24, 2.45) is 0 Å². The van der Waals surface area contributed by atoms with Gasteiger partial charge in [0.1, 0.15) is 18.1 Å². The van der Waals surface area contributed by atoms with E-state index in [4.69, 9.17) is 32.7 Å². The van der Waals surface area contributed by atoms with E-state index in [0.29, 0.717) is 23.0 Å². The van der Waals surface area contributed by atoms with Crippen LogP contribution in [0.15, 0.2) is 54.6 Å². The SMILES string of the molecule is O=C1OCCN1C(=O)N(CCCN1CCC2(CC1)c1cc(Cl)ccc1Oc1ccc(Cl)cc12)c1ccc(F)c(F)c1. The Kier molecular flexibility index (Phi) is 7.52. The lowest BCUT2D eigenvalue weighted by Gasteiger charge is -2.46. The predicted molar refractivity (Wildman–Crippen MR) is 151 cm³/mol. The van der Waals surface area contributed by atoms with Gasteiger partial charge in [0, 0.05) is 44.9 Å². The number of fused-ring (bicyclic) bond motifs is 4. The number of halogens is 4. The number of carbonyl (C=O) groups excluding carboxylic acids is 2. The number of piperidine rings is 1. The van der Waals surface area contributed by atoms with Gasteiger partial charge in [-0.1, -0.05) is 23.2 Å². The number of hydrogen-bond acceptors (Lipinski definition) is 5. The van der Waals surface area contributed by atoms with Crippen molar-refractivity contribution in [1.29, 1.82) is 0 Å². The molecule has 3 aromatic rings. The number of ether oxygens (including phenoxy) is 2. The number of cyclic esters (lactones) is 1. The number of nitrogens with zero attached hydrogens (tertiary/aromatic N) is 3. The zero-order chi connectivity index (χ0) is 28.7. The number of amides is 3. The highest BCUT2D eigenvalue weighted by Gasteiger charge is 2.44. The van der Waals surface area contributed by atoms with E-state index in [1.54, 1.807) is 0 Å². The predicted octanol–water partition coefficient (Wildman–Crippen LogP) is 7.23. The highest BCUT2D eigenvalue weighted by molar-refractivity contribution is 6.31. The van der Waals surface area contributed by atoms with Gasteiger partial charge in [0.05, 0.1) is 6.54 Å². The third-order valence-corrected chi connectivity index (χ3v) is 8.61. The molecule has 0 N–H and O–H groups in total. The average molecular weight is 602 g/mol. The van der Waals surface area contributed by atoms with Gasteiger partial charge in [-0.3, -0.25) is 4.90 Å². The lowest BCUT2D eigenvalue weighted by Crippen LogP contribution is -2.47. The van der Waals surface area contributed by atoms with Crippen LogP contribution in [0.5, 0.6) is 11.5 Å². The van der Waals surface area contributed by atoms with Crippen molar-refractivity contribution in [3.63, 3.8) is 0 Å². The molecule has 0 unspecified atom stereocenters. The smallest absolute Gasteiger partial charge is 0.418 e. The molecule has 0 aliphatic carbocycles. The Morgan fingerprint density at radius 3 is 2.15 bits per heavy atom. The highest BCUT2D eigenvalue weighted by Crippen LogP contribution is 2.54. The summed E-state index contributed by atoms with van der Waals surface area (Å²) in [6.07, 6.45) is 1.42. The van der Waals surface area contributed by atoms with Gasteiger partial charge in [-0.25, -0.2) is 23.3 Å². The van der Waals surface area contributed by atoms with E-state index >= 15 is 0 Å². The Labute approximate surface area is 246 Å². The molecule has 6 rings (SSSR count). The van der Waals surface area contributed by atoms with Crippen molar-refractivity contribution in [2.45, 2.75) is 24.7 Å². The number of benzene rings is 3. The maximum atomic E-state index is 14.1. The van der Waals surface area contributed by atoms with Crippen LogP contribution in [0, 0.1) is 11.6 Å². The van der Waals surface area contributed by atoms with Crippen molar-refractivity contribution in [1.82, 2.24) is 9.80 Å². The largest absolute Gasteiger partial charge is 0.457 e. The lowest BCUT2D eigenvalue weighted by molar-refractivity contribution is 0.159. The van der Waals surface area contributed by atoms with Crippen LogP contribution in [0.2, 0.25) is 10.0 Å². The second kappa shape index (κ2) is 11.1. The fourth-order valence-electron chi connectivity index (χ4n) is 6.04. The molecule has 7 nitrogen and oxygen atoms in total. The first kappa shape index (κ1) is 27.8. The molecule has 0 atom stereocenters. The number of anilines is 1. The van der Waals surface area contributed by atoms with Crippen LogP contribution in [0.3, 0.4) is 0 Å². The maximum Gasteiger partial charge on any atom is 0.418 e. The van der Waals surface area contributed by atoms with Gasteiger partial charge in [0.2, 0.25) is 0 Å². The Balaban J connectivity index is 1.17. The number of hydrogen-bond donors (Lipinski definition) is 0. The topological polar surface area (TPSA) is 62.3 Å². The second-order valence-corrected chi connectivity index (χ2v) is 11.3. The fraction of sp³-hybridized carbons (Fsp3) is 0.333. The van der Waals surface area contributed by atoms with Crippen LogP contribution >= 0.6 is 23.2 Å². The van der Waals surface area contributed by atoms with Crippen LogP contribution in [0.4, 0.5) is 24.1 Å². The molecule has 3 amide bonds. The molecule has 41 heavy (non-hydrogen) atoms. The summed E-state index contributed by atoms with van der Waals surface area (Å²) in [6.45, 7) is 2.62. The van der Waals surface area contributed by atoms with Gasteiger partial charge in [0.15, 0.2) is 11.6 Å². The average Bonchev–Trinajstić information content (AvgIpc) is 3.40. The van der Waals surface area contributed by atoms with Gasteiger partial charge in [0.25, 0.3) is 0 Å². The molecule has 3 aliphatic heterocycles. The second-order valence-electron chi connectivity index (χ2n) is 10.5. The van der Waals surface area contributed by atoms with Gasteiger partial charge in [-0.15, -0.1) is 0 Å². The summed E-state index contributed by atoms with van der Waals surface area (Å²) < 4.78 is 38.8. The Hall–Kier alpha value is -3.40. The molecular weight excluding hydrogens is 575 g/mol. The first-order chi connectivity index (χ1) is 19.7. The molecule has 0 radical (unpaired) electrons. The van der Waals surface area contributed by atoms with Gasteiger partial charge in [-0.2, -0.15) is 0 Å². The molecule has 11 heteroatoms. The highest BCUT2D eigenvalue weighted by atomic mass is 35.5. The Bertz CT molecular complexity index is 1460. The van der Waals surface area contributed by atoms with Crippen LogP contribution in [0.25, 0.3) is 0 Å². The van der Waals surface area contributed by atoms with Gasteiger partial charge < -0.3 is 14.4 Å². The molecule has 3 aliphatic rings. The monoisotopic (exact) mass is 601 g/mol. The molecule has 214 valence electrons. The number of carbonyl (C=O) groups is 2. The van der Waals surface area contributed by atoms with Crippen LogP contribution in [-0.4, -0.2) is 61.3 Å². The van der Waals surface area contributed by atoms with E-state index in [1.165, 1.54) is 11.0 Å². The van der Waals surface area contributed by atoms with Crippen molar-refractivity contribution in [3.05, 3.63) is 87.4 Å². The number of imide groups is 1. The van der Waals surface area contributed by atoms with Crippen LogP contribution in [0.1, 0.15) is 30.4 Å². The minimum Gasteiger partial charge on any atom is -0.457 e. The molecule has 3 heterocycles. The minimum absolute atomic E-state index is 0.0967. The first-order valence-corrected chi connectivity index (χ1v) is 14.2. The number of likely N-dealkylation sites (tertiary alicyclic amines) is 1. The van der Waals surface area contributed by atoms with Crippen molar-refractivity contribution in [2.75, 3.05) is 44.2 Å². The quantitative estimate of drug-likeness (QED) is 0.309. The maximum absolute atomic E-state index is 14.1. The van der Waals surface area contributed by atoms with Crippen molar-refractivity contribution in [3.8, 4) is 11.5 Å². The Morgan fingerprint density at radius 2 is 1.56 bits per heavy atom. The summed E-state index contributed by atoms with van der Waals surface area (Å²) >= 11 is 12.8. The molecular formula is C30H27Cl2F2N3O4. The summed E-state index contributed by atoms with van der Waals surface area (Å²) in [5.41, 5.74) is 1.97. The van der Waals surface area contributed by atoms with Crippen LogP contribution in [-0.2, 0) is 10.2 Å².